The third-order valence-electron chi connectivity index (χ3n) is 6.36. The largest absolute Gasteiger partial charge is 0.497 e. The second-order valence-electron chi connectivity index (χ2n) is 9.69. The second kappa shape index (κ2) is 12.6. The number of methoxy groups -OCH3 is 1. The lowest BCUT2D eigenvalue weighted by Gasteiger charge is -2.38. The van der Waals surface area contributed by atoms with Crippen molar-refractivity contribution in [3.63, 3.8) is 0 Å². The van der Waals surface area contributed by atoms with Crippen LogP contribution in [0.15, 0.2) is 24.3 Å². The Kier molecular flexibility index (Phi) is 10.1. The lowest BCUT2D eigenvalue weighted by Crippen LogP contribution is -2.61. The molecule has 0 bridgehead atoms. The maximum Gasteiger partial charge on any atom is 0.329 e. The Morgan fingerprint density at radius 2 is 1.57 bits per heavy atom. The minimum Gasteiger partial charge on any atom is -0.497 e. The van der Waals surface area contributed by atoms with Gasteiger partial charge in [-0.25, -0.2) is 4.79 Å². The molecule has 1 aromatic rings. The summed E-state index contributed by atoms with van der Waals surface area (Å²) in [6.07, 6.45) is -0.186. The van der Waals surface area contributed by atoms with Crippen LogP contribution in [0, 0.1) is 23.7 Å². The van der Waals surface area contributed by atoms with Gasteiger partial charge in [0.15, 0.2) is 6.10 Å². The molecular weight excluding hydrogens is 452 g/mol. The fourth-order valence-electron chi connectivity index (χ4n) is 3.81. The van der Waals surface area contributed by atoms with Crippen molar-refractivity contribution in [3.8, 4) is 5.75 Å². The number of carbonyl (C=O) groups is 4. The van der Waals surface area contributed by atoms with E-state index in [-0.39, 0.29) is 24.4 Å². The number of hydrogen-bond acceptors (Lipinski definition) is 7. The number of carbonyl (C=O) groups excluding carboxylic acids is 4. The fraction of sp³-hybridized carbons (Fsp3) is 0.615. The lowest BCUT2D eigenvalue weighted by atomic mass is 9.82. The van der Waals surface area contributed by atoms with E-state index < -0.39 is 47.9 Å². The number of cyclic esters (lactones) is 1. The highest BCUT2D eigenvalue weighted by Gasteiger charge is 2.50. The van der Waals surface area contributed by atoms with Gasteiger partial charge in [0.05, 0.1) is 7.11 Å². The molecule has 1 saturated heterocycles. The first kappa shape index (κ1) is 28.1. The van der Waals surface area contributed by atoms with Crippen LogP contribution >= 0.6 is 0 Å². The molecule has 2 amide bonds. The van der Waals surface area contributed by atoms with E-state index in [1.807, 2.05) is 13.8 Å². The minimum atomic E-state index is -0.915. The average Bonchev–Trinajstić information content (AvgIpc) is 2.82. The number of nitrogens with one attached hydrogen (secondary N) is 2. The quantitative estimate of drug-likeness (QED) is 0.432. The molecule has 5 atom stereocenters. The number of rotatable bonds is 12. The maximum absolute atomic E-state index is 13.1. The zero-order chi connectivity index (χ0) is 26.3. The molecule has 0 saturated carbocycles. The van der Waals surface area contributed by atoms with Gasteiger partial charge < -0.3 is 24.8 Å². The Bertz CT molecular complexity index is 897. The first-order valence-electron chi connectivity index (χ1n) is 12.1. The van der Waals surface area contributed by atoms with Crippen LogP contribution < -0.4 is 15.4 Å². The normalized spacial score (nSPS) is 19.7. The van der Waals surface area contributed by atoms with Gasteiger partial charge in [0, 0.05) is 0 Å². The minimum absolute atomic E-state index is 0.0101. The van der Waals surface area contributed by atoms with Gasteiger partial charge in [-0.3, -0.25) is 14.4 Å². The van der Waals surface area contributed by atoms with Crippen molar-refractivity contribution < 1.29 is 33.4 Å². The monoisotopic (exact) mass is 490 g/mol. The van der Waals surface area contributed by atoms with E-state index in [0.29, 0.717) is 5.75 Å². The third kappa shape index (κ3) is 7.19. The molecule has 0 aromatic heterocycles. The van der Waals surface area contributed by atoms with Gasteiger partial charge in [0.1, 0.15) is 30.4 Å². The van der Waals surface area contributed by atoms with Gasteiger partial charge in [-0.05, 0) is 35.4 Å². The molecule has 9 nitrogen and oxygen atoms in total. The van der Waals surface area contributed by atoms with Crippen molar-refractivity contribution >= 4 is 23.8 Å². The highest BCUT2D eigenvalue weighted by molar-refractivity contribution is 5.97. The SMILES string of the molecule is CC[C@H](C)C1C(=O)OC1C(=O)NC(C(=O)NC(C(=O)OCc1ccc(OC)cc1)C(C)C)C(C)C. The van der Waals surface area contributed by atoms with Gasteiger partial charge in [-0.2, -0.15) is 0 Å². The second-order valence-corrected chi connectivity index (χ2v) is 9.69. The smallest absolute Gasteiger partial charge is 0.329 e. The average molecular weight is 491 g/mol. The third-order valence-corrected chi connectivity index (χ3v) is 6.36. The molecule has 35 heavy (non-hydrogen) atoms. The van der Waals surface area contributed by atoms with Crippen LogP contribution in [-0.4, -0.2) is 49.1 Å². The van der Waals surface area contributed by atoms with Crippen LogP contribution in [0.1, 0.15) is 53.5 Å². The zero-order valence-electron chi connectivity index (χ0n) is 21.6. The molecular formula is C26H38N2O7. The van der Waals surface area contributed by atoms with E-state index in [2.05, 4.69) is 10.6 Å². The highest BCUT2D eigenvalue weighted by atomic mass is 16.6. The summed E-state index contributed by atoms with van der Waals surface area (Å²) in [6, 6.07) is 5.32. The summed E-state index contributed by atoms with van der Waals surface area (Å²) in [5, 5.41) is 5.44. The molecule has 2 rings (SSSR count). The standard InChI is InChI=1S/C26H38N2O7/c1-8-16(6)19-22(35-25(19)31)24(30)27-20(14(2)3)23(29)28-21(15(4)5)26(32)34-13-17-9-11-18(33-7)12-10-17/h9-12,14-16,19-22H,8,13H2,1-7H3,(H,27,30)(H,28,29)/t16-,19?,20?,21?,22?/m0/s1. The van der Waals surface area contributed by atoms with E-state index >= 15 is 0 Å². The fourth-order valence-corrected chi connectivity index (χ4v) is 3.81. The molecule has 2 N–H and O–H groups in total. The number of benzene rings is 1. The molecule has 1 aliphatic rings. The summed E-state index contributed by atoms with van der Waals surface area (Å²) in [5.74, 6) is -2.32. The zero-order valence-corrected chi connectivity index (χ0v) is 21.6. The van der Waals surface area contributed by atoms with E-state index in [4.69, 9.17) is 14.2 Å². The van der Waals surface area contributed by atoms with Crippen LogP contribution in [0.3, 0.4) is 0 Å². The summed E-state index contributed by atoms with van der Waals surface area (Å²) >= 11 is 0. The van der Waals surface area contributed by atoms with Crippen LogP contribution in [0.2, 0.25) is 0 Å². The molecule has 4 unspecified atom stereocenters. The lowest BCUT2D eigenvalue weighted by molar-refractivity contribution is -0.193. The topological polar surface area (TPSA) is 120 Å². The molecule has 1 aromatic carbocycles. The summed E-state index contributed by atoms with van der Waals surface area (Å²) in [5.41, 5.74) is 0.784. The van der Waals surface area contributed by atoms with Gasteiger partial charge in [-0.15, -0.1) is 0 Å². The molecule has 9 heteroatoms. The predicted octanol–water partition coefficient (Wildman–Crippen LogP) is 2.61. The molecule has 0 spiro atoms. The Morgan fingerprint density at radius 1 is 0.971 bits per heavy atom. The first-order valence-corrected chi connectivity index (χ1v) is 12.1. The van der Waals surface area contributed by atoms with Crippen LogP contribution in [-0.2, 0) is 35.3 Å². The van der Waals surface area contributed by atoms with Crippen molar-refractivity contribution in [1.29, 1.82) is 0 Å². The predicted molar refractivity (Wildman–Crippen MR) is 129 cm³/mol. The summed E-state index contributed by atoms with van der Waals surface area (Å²) in [7, 11) is 1.57. The van der Waals surface area contributed by atoms with Crippen LogP contribution in [0.5, 0.6) is 5.75 Å². The number of esters is 2. The van der Waals surface area contributed by atoms with Gasteiger partial charge in [0.25, 0.3) is 5.91 Å². The van der Waals surface area contributed by atoms with Crippen molar-refractivity contribution in [3.05, 3.63) is 29.8 Å². The van der Waals surface area contributed by atoms with Gasteiger partial charge >= 0.3 is 11.9 Å². The number of ether oxygens (including phenoxy) is 3. The molecule has 1 aliphatic heterocycles. The molecule has 1 fully saturated rings. The molecule has 0 aliphatic carbocycles. The van der Waals surface area contributed by atoms with Crippen molar-refractivity contribution in [2.75, 3.05) is 7.11 Å². The van der Waals surface area contributed by atoms with Gasteiger partial charge in [0.2, 0.25) is 5.91 Å². The van der Waals surface area contributed by atoms with Crippen LogP contribution in [0.25, 0.3) is 0 Å². The molecule has 194 valence electrons. The highest BCUT2D eigenvalue weighted by Crippen LogP contribution is 2.31. The molecule has 1 heterocycles. The maximum atomic E-state index is 13.1. The van der Waals surface area contributed by atoms with E-state index in [1.165, 1.54) is 0 Å². The Morgan fingerprint density at radius 3 is 2.06 bits per heavy atom. The Labute approximate surface area is 207 Å². The Balaban J connectivity index is 2.01. The summed E-state index contributed by atoms with van der Waals surface area (Å²) in [6.45, 7) is 11.1. The van der Waals surface area contributed by atoms with Crippen molar-refractivity contribution in [2.24, 2.45) is 23.7 Å². The number of hydrogen-bond donors (Lipinski definition) is 2. The van der Waals surface area contributed by atoms with Gasteiger partial charge in [-0.1, -0.05) is 60.1 Å². The number of amides is 2. The summed E-state index contributed by atoms with van der Waals surface area (Å²) in [4.78, 5) is 50.5. The molecule has 0 radical (unpaired) electrons. The van der Waals surface area contributed by atoms with Crippen molar-refractivity contribution in [2.45, 2.75) is 72.8 Å². The van der Waals surface area contributed by atoms with Crippen LogP contribution in [0.4, 0.5) is 0 Å². The summed E-state index contributed by atoms with van der Waals surface area (Å²) < 4.78 is 15.6. The van der Waals surface area contributed by atoms with E-state index in [1.54, 1.807) is 59.1 Å². The van der Waals surface area contributed by atoms with Crippen molar-refractivity contribution in [1.82, 2.24) is 10.6 Å². The van der Waals surface area contributed by atoms with E-state index in [0.717, 1.165) is 12.0 Å². The van der Waals surface area contributed by atoms with E-state index in [9.17, 15) is 19.2 Å². The Hall–Kier alpha value is -3.10. The first-order chi connectivity index (χ1) is 16.5.